The van der Waals surface area contributed by atoms with Crippen molar-refractivity contribution in [1.82, 2.24) is 20.4 Å². The van der Waals surface area contributed by atoms with Crippen molar-refractivity contribution in [2.45, 2.75) is 82.2 Å². The number of likely N-dealkylation sites (tertiary alicyclic amines) is 1. The number of β-amino-alcohol motifs (C(OH)–C–C–N with tert-alkyl or cyclic N) is 1. The van der Waals surface area contributed by atoms with Gasteiger partial charge >= 0.3 is 0 Å². The molecule has 0 bridgehead atoms. The van der Waals surface area contributed by atoms with Crippen LogP contribution in [0.4, 0.5) is 5.69 Å². The number of rotatable bonds is 11. The predicted octanol–water partition coefficient (Wildman–Crippen LogP) is 2.52. The molecule has 2 saturated carbocycles. The van der Waals surface area contributed by atoms with Gasteiger partial charge in [-0.15, -0.1) is 0 Å². The second-order valence-electron chi connectivity index (χ2n) is 13.3. The second-order valence-corrected chi connectivity index (χ2v) is 13.3. The van der Waals surface area contributed by atoms with Crippen molar-refractivity contribution in [2.24, 2.45) is 17.8 Å². The first-order valence-corrected chi connectivity index (χ1v) is 16.2. The zero-order chi connectivity index (χ0) is 28.2. The molecule has 6 rings (SSSR count). The molecule has 1 aromatic carbocycles. The van der Waals surface area contributed by atoms with Crippen molar-refractivity contribution in [3.8, 4) is 0 Å². The van der Waals surface area contributed by atoms with E-state index in [-0.39, 0.29) is 12.5 Å². The minimum atomic E-state index is -0.580. The van der Waals surface area contributed by atoms with Gasteiger partial charge in [0.05, 0.1) is 38.1 Å². The molecule has 0 spiro atoms. The molecule has 3 aliphatic heterocycles. The van der Waals surface area contributed by atoms with E-state index in [1.165, 1.54) is 32.1 Å². The lowest BCUT2D eigenvalue weighted by molar-refractivity contribution is -0.0801. The Morgan fingerprint density at radius 1 is 1.20 bits per heavy atom. The van der Waals surface area contributed by atoms with Gasteiger partial charge in [-0.05, 0) is 74.6 Å². The van der Waals surface area contributed by atoms with Crippen molar-refractivity contribution in [1.29, 1.82) is 0 Å². The zero-order valence-electron chi connectivity index (χ0n) is 24.8. The number of aliphatic hydroxyl groups excluding tert-OH is 1. The van der Waals surface area contributed by atoms with Crippen LogP contribution >= 0.6 is 0 Å². The predicted molar refractivity (Wildman–Crippen MR) is 160 cm³/mol. The third-order valence-electron chi connectivity index (χ3n) is 10.5. The van der Waals surface area contributed by atoms with Crippen molar-refractivity contribution in [3.05, 3.63) is 29.8 Å². The van der Waals surface area contributed by atoms with Crippen LogP contribution in [0.5, 0.6) is 0 Å². The number of anilines is 1. The topological polar surface area (TPSA) is 98.3 Å². The standard InChI is InChI=1S/C32H51N5O4/c1-22-30-11-12-36(17-29(38)15-34-32(39)23-5-4-6-25(13-23)35-26-18-40-19-26)16-24(30)9-10-31(22)41-20-28-14-33-21-37(28)27-7-2-3-8-27/h4-6,13,22,24,26-31,33,35,38H,2-3,7-12,14-21H2,1H3,(H,34,39)/t22?,24?,28-,29-,30?,31?/m0/s1. The molecule has 9 nitrogen and oxygen atoms in total. The molecule has 3 heterocycles. The number of hydrogen-bond acceptors (Lipinski definition) is 8. The van der Waals surface area contributed by atoms with Gasteiger partial charge in [0.2, 0.25) is 0 Å². The highest BCUT2D eigenvalue weighted by Gasteiger charge is 2.41. The van der Waals surface area contributed by atoms with Gasteiger partial charge in [-0.1, -0.05) is 25.8 Å². The molecular formula is C32H51N5O4. The minimum Gasteiger partial charge on any atom is -0.390 e. The van der Waals surface area contributed by atoms with Gasteiger partial charge in [0.15, 0.2) is 0 Å². The van der Waals surface area contributed by atoms with E-state index in [2.05, 4.69) is 32.7 Å². The fraction of sp³-hybridized carbons (Fsp3) is 0.781. The van der Waals surface area contributed by atoms with Crippen LogP contribution < -0.4 is 16.0 Å². The molecule has 1 amide bonds. The summed E-state index contributed by atoms with van der Waals surface area (Å²) in [6.07, 6.45) is 8.75. The quantitative estimate of drug-likeness (QED) is 0.323. The van der Waals surface area contributed by atoms with Gasteiger partial charge in [0.25, 0.3) is 5.91 Å². The largest absolute Gasteiger partial charge is 0.390 e. The summed E-state index contributed by atoms with van der Waals surface area (Å²) in [5.41, 5.74) is 1.52. The maximum absolute atomic E-state index is 12.7. The average Bonchev–Trinajstić information content (AvgIpc) is 3.66. The lowest BCUT2D eigenvalue weighted by atomic mass is 9.68. The Balaban J connectivity index is 0.912. The first kappa shape index (κ1) is 29.3. The van der Waals surface area contributed by atoms with Crippen LogP contribution in [0.15, 0.2) is 24.3 Å². The molecule has 3 saturated heterocycles. The molecule has 0 aromatic heterocycles. The summed E-state index contributed by atoms with van der Waals surface area (Å²) in [6, 6.07) is 9.11. The Hall–Kier alpha value is -1.75. The highest BCUT2D eigenvalue weighted by molar-refractivity contribution is 5.95. The smallest absolute Gasteiger partial charge is 0.251 e. The van der Waals surface area contributed by atoms with E-state index in [0.29, 0.717) is 61.3 Å². The van der Waals surface area contributed by atoms with E-state index in [1.807, 2.05) is 24.3 Å². The Labute approximate surface area is 245 Å². The van der Waals surface area contributed by atoms with Gasteiger partial charge in [-0.2, -0.15) is 0 Å². The first-order chi connectivity index (χ1) is 20.0. The number of ether oxygens (including phenoxy) is 2. The summed E-state index contributed by atoms with van der Waals surface area (Å²) in [5.74, 6) is 1.79. The van der Waals surface area contributed by atoms with Crippen LogP contribution in [0, 0.1) is 17.8 Å². The van der Waals surface area contributed by atoms with E-state index in [0.717, 1.165) is 57.5 Å². The van der Waals surface area contributed by atoms with Crippen molar-refractivity contribution in [2.75, 3.05) is 64.5 Å². The third-order valence-corrected chi connectivity index (χ3v) is 10.5. The SMILES string of the molecule is CC1C(OC[C@@H]2CNCN2C2CCCC2)CCC2CN(C[C@@H](O)CNC(=O)c3cccc(NC4COC4)c3)CCC21. The molecule has 0 radical (unpaired) electrons. The Kier molecular flexibility index (Phi) is 9.80. The van der Waals surface area contributed by atoms with E-state index < -0.39 is 6.10 Å². The highest BCUT2D eigenvalue weighted by atomic mass is 16.5. The van der Waals surface area contributed by atoms with Crippen LogP contribution in [0.2, 0.25) is 0 Å². The summed E-state index contributed by atoms with van der Waals surface area (Å²) < 4.78 is 11.9. The number of piperidine rings is 1. The maximum atomic E-state index is 12.7. The molecule has 9 heteroatoms. The number of carbonyl (C=O) groups is 1. The van der Waals surface area contributed by atoms with E-state index in [9.17, 15) is 9.90 Å². The fourth-order valence-corrected chi connectivity index (χ4v) is 8.08. The van der Waals surface area contributed by atoms with Crippen molar-refractivity contribution in [3.63, 3.8) is 0 Å². The first-order valence-electron chi connectivity index (χ1n) is 16.2. The van der Waals surface area contributed by atoms with Crippen LogP contribution in [0.1, 0.15) is 62.2 Å². The van der Waals surface area contributed by atoms with Gasteiger partial charge in [-0.25, -0.2) is 0 Å². The number of fused-ring (bicyclic) bond motifs is 1. The summed E-state index contributed by atoms with van der Waals surface area (Å²) >= 11 is 0. The van der Waals surface area contributed by atoms with Gasteiger partial charge in [-0.3, -0.25) is 9.69 Å². The number of carbonyl (C=O) groups excluding carboxylic acids is 1. The Morgan fingerprint density at radius 3 is 2.85 bits per heavy atom. The van der Waals surface area contributed by atoms with Crippen LogP contribution in [-0.2, 0) is 9.47 Å². The van der Waals surface area contributed by atoms with Gasteiger partial charge in [0.1, 0.15) is 0 Å². The second kappa shape index (κ2) is 13.7. The molecular weight excluding hydrogens is 518 g/mol. The van der Waals surface area contributed by atoms with E-state index in [1.54, 1.807) is 0 Å². The number of amides is 1. The number of benzene rings is 1. The average molecular weight is 570 g/mol. The summed E-state index contributed by atoms with van der Waals surface area (Å²) in [5, 5.41) is 20.7. The van der Waals surface area contributed by atoms with Crippen LogP contribution in [0.3, 0.4) is 0 Å². The van der Waals surface area contributed by atoms with Crippen LogP contribution in [-0.4, -0.2) is 110 Å². The van der Waals surface area contributed by atoms with Crippen molar-refractivity contribution >= 4 is 11.6 Å². The van der Waals surface area contributed by atoms with Crippen LogP contribution in [0.25, 0.3) is 0 Å². The maximum Gasteiger partial charge on any atom is 0.251 e. The fourth-order valence-electron chi connectivity index (χ4n) is 8.08. The minimum absolute atomic E-state index is 0.150. The molecule has 4 unspecified atom stereocenters. The molecule has 228 valence electrons. The third kappa shape index (κ3) is 7.25. The monoisotopic (exact) mass is 569 g/mol. The Bertz CT molecular complexity index is 1000. The van der Waals surface area contributed by atoms with E-state index in [4.69, 9.17) is 9.47 Å². The van der Waals surface area contributed by atoms with Gasteiger partial charge < -0.3 is 35.4 Å². The normalized spacial score (nSPS) is 32.4. The zero-order valence-corrected chi connectivity index (χ0v) is 24.8. The molecule has 1 aromatic rings. The molecule has 2 aliphatic carbocycles. The number of hydrogen-bond donors (Lipinski definition) is 4. The molecule has 5 aliphatic rings. The van der Waals surface area contributed by atoms with Crippen molar-refractivity contribution < 1.29 is 19.4 Å². The number of aliphatic hydroxyl groups is 1. The lowest BCUT2D eigenvalue weighted by Crippen LogP contribution is -2.51. The number of nitrogens with zero attached hydrogens (tertiary/aromatic N) is 2. The Morgan fingerprint density at radius 2 is 2.05 bits per heavy atom. The molecule has 5 fully saturated rings. The molecule has 4 N–H and O–H groups in total. The number of nitrogens with one attached hydrogen (secondary N) is 3. The van der Waals surface area contributed by atoms with Gasteiger partial charge in [0, 0.05) is 56.2 Å². The molecule has 41 heavy (non-hydrogen) atoms. The summed E-state index contributed by atoms with van der Waals surface area (Å²) in [4.78, 5) is 17.8. The van der Waals surface area contributed by atoms with E-state index >= 15 is 0 Å². The highest BCUT2D eigenvalue weighted by Crippen LogP contribution is 2.41. The molecule has 6 atom stereocenters. The summed E-state index contributed by atoms with van der Waals surface area (Å²) in [6.45, 7) is 9.65. The lowest BCUT2D eigenvalue weighted by Gasteiger charge is -2.47. The summed E-state index contributed by atoms with van der Waals surface area (Å²) in [7, 11) is 0.